The van der Waals surface area contributed by atoms with Gasteiger partial charge in [-0.1, -0.05) is 11.8 Å². The number of nitrogens with zero attached hydrogens (tertiary/aromatic N) is 1. The van der Waals surface area contributed by atoms with Gasteiger partial charge in [-0.05, 0) is 24.3 Å². The molecule has 0 saturated heterocycles. The van der Waals surface area contributed by atoms with Gasteiger partial charge in [-0.25, -0.2) is 0 Å². The zero-order chi connectivity index (χ0) is 10.7. The van der Waals surface area contributed by atoms with E-state index in [0.29, 0.717) is 6.54 Å². The van der Waals surface area contributed by atoms with Crippen LogP contribution in [-0.2, 0) is 7.05 Å². The predicted octanol–water partition coefficient (Wildman–Crippen LogP) is 1.88. The van der Waals surface area contributed by atoms with Crippen LogP contribution >= 0.6 is 0 Å². The molecule has 76 valence electrons. The van der Waals surface area contributed by atoms with Crippen molar-refractivity contribution in [1.82, 2.24) is 4.57 Å². The van der Waals surface area contributed by atoms with Gasteiger partial charge in [0, 0.05) is 42.7 Å². The lowest BCUT2D eigenvalue weighted by Crippen LogP contribution is -1.95. The predicted molar refractivity (Wildman–Crippen MR) is 63.5 cm³/mol. The Labute approximate surface area is 89.7 Å². The first-order valence-electron chi connectivity index (χ1n) is 5.05. The van der Waals surface area contributed by atoms with Crippen LogP contribution in [0.25, 0.3) is 10.9 Å². The third kappa shape index (κ3) is 2.03. The number of hydrogen-bond acceptors (Lipinski definition) is 1. The van der Waals surface area contributed by atoms with Gasteiger partial charge in [-0.3, -0.25) is 0 Å². The molecule has 0 amide bonds. The molecule has 0 aliphatic heterocycles. The Morgan fingerprint density at radius 3 is 3.00 bits per heavy atom. The molecule has 1 heterocycles. The Morgan fingerprint density at radius 2 is 2.20 bits per heavy atom. The Balaban J connectivity index is 2.36. The second-order valence-corrected chi connectivity index (χ2v) is 3.54. The number of aromatic nitrogens is 1. The van der Waals surface area contributed by atoms with Gasteiger partial charge < -0.3 is 10.3 Å². The van der Waals surface area contributed by atoms with Gasteiger partial charge in [-0.15, -0.1) is 0 Å². The highest BCUT2D eigenvalue weighted by Crippen LogP contribution is 2.15. The molecule has 0 fully saturated rings. The van der Waals surface area contributed by atoms with Gasteiger partial charge in [0.05, 0.1) is 0 Å². The maximum absolute atomic E-state index is 5.38. The van der Waals surface area contributed by atoms with Crippen LogP contribution < -0.4 is 5.73 Å². The maximum Gasteiger partial charge on any atom is 0.0478 e. The average molecular weight is 198 g/mol. The van der Waals surface area contributed by atoms with Gasteiger partial charge in [0.25, 0.3) is 0 Å². The highest BCUT2D eigenvalue weighted by atomic mass is 14.9. The van der Waals surface area contributed by atoms with E-state index < -0.39 is 0 Å². The summed E-state index contributed by atoms with van der Waals surface area (Å²) < 4.78 is 2.10. The van der Waals surface area contributed by atoms with Gasteiger partial charge >= 0.3 is 0 Å². The summed E-state index contributed by atoms with van der Waals surface area (Å²) >= 11 is 0. The van der Waals surface area contributed by atoms with Crippen molar-refractivity contribution in [2.45, 2.75) is 6.42 Å². The van der Waals surface area contributed by atoms with E-state index in [9.17, 15) is 0 Å². The molecule has 2 aromatic rings. The lowest BCUT2D eigenvalue weighted by molar-refractivity contribution is 0.969. The summed E-state index contributed by atoms with van der Waals surface area (Å²) in [6, 6.07) is 8.36. The van der Waals surface area contributed by atoms with E-state index in [1.54, 1.807) is 0 Å². The highest BCUT2D eigenvalue weighted by Gasteiger charge is 1.97. The normalized spacial score (nSPS) is 10.0. The van der Waals surface area contributed by atoms with Crippen LogP contribution in [0.5, 0.6) is 0 Å². The SMILES string of the molecule is Cn1ccc2cc(C#CCCN)ccc21. The lowest BCUT2D eigenvalue weighted by Gasteiger charge is -1.96. The zero-order valence-corrected chi connectivity index (χ0v) is 8.83. The van der Waals surface area contributed by atoms with Crippen molar-refractivity contribution >= 4 is 10.9 Å². The first kappa shape index (κ1) is 9.82. The minimum Gasteiger partial charge on any atom is -0.351 e. The molecule has 0 spiro atoms. The molecule has 2 N–H and O–H groups in total. The van der Waals surface area contributed by atoms with Gasteiger partial charge in [0.15, 0.2) is 0 Å². The van der Waals surface area contributed by atoms with Crippen LogP contribution in [0.4, 0.5) is 0 Å². The van der Waals surface area contributed by atoms with Crippen molar-refractivity contribution in [3.63, 3.8) is 0 Å². The molecular weight excluding hydrogens is 184 g/mol. The van der Waals surface area contributed by atoms with Gasteiger partial charge in [-0.2, -0.15) is 0 Å². The molecule has 1 aromatic carbocycles. The van der Waals surface area contributed by atoms with E-state index in [1.165, 1.54) is 10.9 Å². The first-order chi connectivity index (χ1) is 7.31. The zero-order valence-electron chi connectivity index (χ0n) is 8.83. The molecular formula is C13H14N2. The maximum atomic E-state index is 5.38. The lowest BCUT2D eigenvalue weighted by atomic mass is 10.1. The Hall–Kier alpha value is -1.72. The number of benzene rings is 1. The molecule has 0 aliphatic rings. The summed E-state index contributed by atoms with van der Waals surface area (Å²) in [4.78, 5) is 0. The van der Waals surface area contributed by atoms with Crippen molar-refractivity contribution in [3.8, 4) is 11.8 Å². The van der Waals surface area contributed by atoms with E-state index >= 15 is 0 Å². The topological polar surface area (TPSA) is 30.9 Å². The van der Waals surface area contributed by atoms with Gasteiger partial charge in [0.1, 0.15) is 0 Å². The van der Waals surface area contributed by atoms with E-state index in [4.69, 9.17) is 5.73 Å². The molecule has 0 bridgehead atoms. The van der Waals surface area contributed by atoms with Crippen molar-refractivity contribution in [1.29, 1.82) is 0 Å². The van der Waals surface area contributed by atoms with Crippen LogP contribution in [0.15, 0.2) is 30.5 Å². The molecule has 0 saturated carbocycles. The number of aryl methyl sites for hydroxylation is 1. The largest absolute Gasteiger partial charge is 0.351 e. The van der Waals surface area contributed by atoms with Crippen LogP contribution in [-0.4, -0.2) is 11.1 Å². The minimum absolute atomic E-state index is 0.626. The fourth-order valence-corrected chi connectivity index (χ4v) is 1.60. The van der Waals surface area contributed by atoms with E-state index in [1.807, 2.05) is 13.1 Å². The first-order valence-corrected chi connectivity index (χ1v) is 5.05. The van der Waals surface area contributed by atoms with E-state index in [-0.39, 0.29) is 0 Å². The summed E-state index contributed by atoms with van der Waals surface area (Å²) in [5, 5.41) is 1.23. The molecule has 0 radical (unpaired) electrons. The molecule has 2 rings (SSSR count). The molecule has 0 aliphatic carbocycles. The third-order valence-corrected chi connectivity index (χ3v) is 2.39. The van der Waals surface area contributed by atoms with Crippen molar-refractivity contribution in [2.75, 3.05) is 6.54 Å². The fraction of sp³-hybridized carbons (Fsp3) is 0.231. The van der Waals surface area contributed by atoms with E-state index in [0.717, 1.165) is 12.0 Å². The quantitative estimate of drug-likeness (QED) is 0.697. The molecule has 2 nitrogen and oxygen atoms in total. The number of rotatable bonds is 1. The van der Waals surface area contributed by atoms with Crippen molar-refractivity contribution in [3.05, 3.63) is 36.0 Å². The van der Waals surface area contributed by atoms with Crippen molar-refractivity contribution < 1.29 is 0 Å². The Kier molecular flexibility index (Phi) is 2.75. The number of nitrogens with two attached hydrogens (primary N) is 1. The molecule has 1 aromatic heterocycles. The summed E-state index contributed by atoms with van der Waals surface area (Å²) in [5.74, 6) is 6.15. The highest BCUT2D eigenvalue weighted by molar-refractivity contribution is 5.81. The smallest absolute Gasteiger partial charge is 0.0478 e. The summed E-state index contributed by atoms with van der Waals surface area (Å²) in [6.07, 6.45) is 2.81. The molecule has 0 unspecified atom stereocenters. The number of hydrogen-bond donors (Lipinski definition) is 1. The summed E-state index contributed by atoms with van der Waals surface area (Å²) in [5.41, 5.74) is 7.67. The van der Waals surface area contributed by atoms with Crippen LogP contribution in [0.3, 0.4) is 0 Å². The fourth-order valence-electron chi connectivity index (χ4n) is 1.60. The third-order valence-electron chi connectivity index (χ3n) is 2.39. The Morgan fingerprint density at radius 1 is 1.33 bits per heavy atom. The van der Waals surface area contributed by atoms with E-state index in [2.05, 4.69) is 40.8 Å². The molecule has 15 heavy (non-hydrogen) atoms. The summed E-state index contributed by atoms with van der Waals surface area (Å²) in [6.45, 7) is 0.626. The van der Waals surface area contributed by atoms with Gasteiger partial charge in [0.2, 0.25) is 0 Å². The molecule has 0 atom stereocenters. The number of fused-ring (bicyclic) bond motifs is 1. The second kappa shape index (κ2) is 4.20. The van der Waals surface area contributed by atoms with Crippen LogP contribution in [0.1, 0.15) is 12.0 Å². The van der Waals surface area contributed by atoms with Crippen molar-refractivity contribution in [2.24, 2.45) is 12.8 Å². The second-order valence-electron chi connectivity index (χ2n) is 3.54. The molecule has 2 heteroatoms. The van der Waals surface area contributed by atoms with Crippen LogP contribution in [0.2, 0.25) is 0 Å². The van der Waals surface area contributed by atoms with Crippen LogP contribution in [0, 0.1) is 11.8 Å². The average Bonchev–Trinajstić information content (AvgIpc) is 2.61. The minimum atomic E-state index is 0.626. The standard InChI is InChI=1S/C13H14N2/c1-15-9-7-12-10-11(4-2-3-8-14)5-6-13(12)15/h5-7,9-10H,3,8,14H2,1H3. The monoisotopic (exact) mass is 198 g/mol. The summed E-state index contributed by atoms with van der Waals surface area (Å²) in [7, 11) is 2.04. The Bertz CT molecular complexity index is 526.